The van der Waals surface area contributed by atoms with Crippen LogP contribution < -0.4 is 0 Å². The summed E-state index contributed by atoms with van der Waals surface area (Å²) in [5.74, 6) is -0.196. The van der Waals surface area contributed by atoms with E-state index >= 15 is 0 Å². The van der Waals surface area contributed by atoms with Crippen molar-refractivity contribution in [2.75, 3.05) is 13.7 Å². The molecule has 2 saturated heterocycles. The number of fused-ring (bicyclic) bond motifs is 2. The van der Waals surface area contributed by atoms with Gasteiger partial charge in [-0.15, -0.1) is 0 Å². The molecule has 0 aromatic heterocycles. The first-order valence-corrected chi connectivity index (χ1v) is 7.13. The number of esters is 1. The van der Waals surface area contributed by atoms with Gasteiger partial charge in [0.1, 0.15) is 6.10 Å². The summed E-state index contributed by atoms with van der Waals surface area (Å²) in [7, 11) is 1.71. The van der Waals surface area contributed by atoms with Crippen LogP contribution in [0.3, 0.4) is 0 Å². The van der Waals surface area contributed by atoms with Gasteiger partial charge >= 0.3 is 5.97 Å². The summed E-state index contributed by atoms with van der Waals surface area (Å²) >= 11 is 0. The summed E-state index contributed by atoms with van der Waals surface area (Å²) in [6.07, 6.45) is 6.55. The van der Waals surface area contributed by atoms with Gasteiger partial charge in [0.2, 0.25) is 0 Å². The minimum absolute atomic E-state index is 0.00222. The normalized spacial score (nSPS) is 45.2. The van der Waals surface area contributed by atoms with E-state index in [0.29, 0.717) is 0 Å². The van der Waals surface area contributed by atoms with Crippen molar-refractivity contribution in [1.29, 1.82) is 0 Å². The fourth-order valence-electron chi connectivity index (χ4n) is 4.15. The van der Waals surface area contributed by atoms with E-state index in [1.54, 1.807) is 13.2 Å². The van der Waals surface area contributed by atoms with Crippen molar-refractivity contribution in [2.45, 2.75) is 56.0 Å². The highest BCUT2D eigenvalue weighted by Gasteiger charge is 2.61. The first kappa shape index (κ1) is 11.9. The van der Waals surface area contributed by atoms with Crippen LogP contribution in [0.2, 0.25) is 0 Å². The lowest BCUT2D eigenvalue weighted by atomic mass is 9.70. The Hall–Kier alpha value is -0.910. The molecule has 0 N–H and O–H groups in total. The van der Waals surface area contributed by atoms with Gasteiger partial charge in [-0.2, -0.15) is 5.06 Å². The molecule has 2 bridgehead atoms. The first-order chi connectivity index (χ1) is 9.23. The predicted molar refractivity (Wildman–Crippen MR) is 66.2 cm³/mol. The lowest BCUT2D eigenvalue weighted by Crippen LogP contribution is -2.66. The van der Waals surface area contributed by atoms with Gasteiger partial charge in [-0.25, -0.2) is 4.79 Å². The molecule has 1 aliphatic carbocycles. The molecule has 4 rings (SSSR count). The quantitative estimate of drug-likeness (QED) is 0.666. The minimum Gasteiger partial charge on any atom is -0.449 e. The number of piperidine rings is 1. The Morgan fingerprint density at radius 2 is 2.37 bits per heavy atom. The Kier molecular flexibility index (Phi) is 2.53. The van der Waals surface area contributed by atoms with Crippen LogP contribution in [-0.4, -0.2) is 48.5 Å². The van der Waals surface area contributed by atoms with E-state index < -0.39 is 5.60 Å². The Labute approximate surface area is 112 Å². The third-order valence-electron chi connectivity index (χ3n) is 5.02. The molecule has 4 aliphatic rings. The first-order valence-electron chi connectivity index (χ1n) is 7.13. The van der Waals surface area contributed by atoms with E-state index in [1.165, 1.54) is 6.42 Å². The van der Waals surface area contributed by atoms with E-state index in [4.69, 9.17) is 14.3 Å². The highest BCUT2D eigenvalue weighted by atomic mass is 16.7. The molecule has 0 aromatic rings. The van der Waals surface area contributed by atoms with Crippen LogP contribution in [0.15, 0.2) is 11.6 Å². The molecular weight excluding hydrogens is 246 g/mol. The summed E-state index contributed by atoms with van der Waals surface area (Å²) in [5.41, 5.74) is 0.677. The second-order valence-corrected chi connectivity index (χ2v) is 5.96. The predicted octanol–water partition coefficient (Wildman–Crippen LogP) is 1.19. The number of nitrogens with zero attached hydrogens (tertiary/aromatic N) is 1. The molecule has 0 radical (unpaired) electrons. The van der Waals surface area contributed by atoms with Gasteiger partial charge in [-0.3, -0.25) is 4.84 Å². The minimum atomic E-state index is -0.435. The van der Waals surface area contributed by atoms with Crippen molar-refractivity contribution in [1.82, 2.24) is 5.06 Å². The van der Waals surface area contributed by atoms with Crippen LogP contribution in [0.5, 0.6) is 0 Å². The van der Waals surface area contributed by atoms with Crippen LogP contribution in [0.25, 0.3) is 0 Å². The molecule has 4 atom stereocenters. The molecule has 5 heteroatoms. The number of carbonyl (C=O) groups is 1. The second-order valence-electron chi connectivity index (χ2n) is 5.96. The van der Waals surface area contributed by atoms with Crippen molar-refractivity contribution < 1.29 is 19.1 Å². The molecule has 5 nitrogen and oxygen atoms in total. The third kappa shape index (κ3) is 1.55. The lowest BCUT2D eigenvalue weighted by Gasteiger charge is -2.55. The van der Waals surface area contributed by atoms with Crippen molar-refractivity contribution in [3.8, 4) is 0 Å². The Balaban J connectivity index is 1.75. The van der Waals surface area contributed by atoms with Crippen molar-refractivity contribution in [3.63, 3.8) is 0 Å². The smallest absolute Gasteiger partial charge is 0.331 e. The van der Waals surface area contributed by atoms with E-state index in [9.17, 15) is 4.79 Å². The number of rotatable bonds is 1. The van der Waals surface area contributed by atoms with Crippen LogP contribution in [0, 0.1) is 0 Å². The van der Waals surface area contributed by atoms with Gasteiger partial charge < -0.3 is 9.47 Å². The van der Waals surface area contributed by atoms with E-state index in [1.807, 2.05) is 0 Å². The molecule has 1 saturated carbocycles. The van der Waals surface area contributed by atoms with Gasteiger partial charge in [0, 0.05) is 32.6 Å². The maximum atomic E-state index is 11.8. The van der Waals surface area contributed by atoms with Gasteiger partial charge in [0.25, 0.3) is 0 Å². The van der Waals surface area contributed by atoms with Gasteiger partial charge in [-0.05, 0) is 18.4 Å². The summed E-state index contributed by atoms with van der Waals surface area (Å²) in [4.78, 5) is 17.9. The zero-order valence-electron chi connectivity index (χ0n) is 11.1. The fourth-order valence-corrected chi connectivity index (χ4v) is 4.15. The van der Waals surface area contributed by atoms with Crippen LogP contribution >= 0.6 is 0 Å². The highest BCUT2D eigenvalue weighted by Crippen LogP contribution is 2.51. The third-order valence-corrected chi connectivity index (χ3v) is 5.02. The standard InChI is InChI=1S/C14H19NO4/c1-17-10-6-9-7-13(16)18-14(9)8-11(10)19-15-5-3-2-4-12(14)15/h7,10-12H,2-6,8H2,1H3/t10-,11?,12?,14?/m1/s1. The molecule has 1 spiro atoms. The number of hydrogen-bond donors (Lipinski definition) is 0. The summed E-state index contributed by atoms with van der Waals surface area (Å²) in [5, 5.41) is 2.05. The molecule has 104 valence electrons. The van der Waals surface area contributed by atoms with Crippen LogP contribution in [0.4, 0.5) is 0 Å². The number of carbonyl (C=O) groups excluding carboxylic acids is 1. The highest BCUT2D eigenvalue weighted by molar-refractivity contribution is 5.87. The van der Waals surface area contributed by atoms with E-state index in [0.717, 1.165) is 37.8 Å². The molecule has 3 fully saturated rings. The van der Waals surface area contributed by atoms with Crippen LogP contribution in [-0.2, 0) is 19.1 Å². The van der Waals surface area contributed by atoms with Gasteiger partial charge in [0.05, 0.1) is 12.1 Å². The maximum absolute atomic E-state index is 11.8. The number of methoxy groups -OCH3 is 1. The SMILES string of the molecule is CO[C@@H]1CC2=CC(=O)OC23CC1ON1CCCCC13. The van der Waals surface area contributed by atoms with Crippen molar-refractivity contribution >= 4 is 5.97 Å². The number of hydrogen-bond acceptors (Lipinski definition) is 5. The lowest BCUT2D eigenvalue weighted by molar-refractivity contribution is -0.325. The number of ether oxygens (including phenoxy) is 2. The molecular formula is C14H19NO4. The van der Waals surface area contributed by atoms with Crippen LogP contribution in [0.1, 0.15) is 32.1 Å². The largest absolute Gasteiger partial charge is 0.449 e. The average molecular weight is 265 g/mol. The average Bonchev–Trinajstić information content (AvgIpc) is 2.73. The molecule has 3 aliphatic heterocycles. The van der Waals surface area contributed by atoms with E-state index in [2.05, 4.69) is 5.06 Å². The summed E-state index contributed by atoms with van der Waals surface area (Å²) in [6, 6.07) is 0.188. The van der Waals surface area contributed by atoms with Crippen molar-refractivity contribution in [3.05, 3.63) is 11.6 Å². The fraction of sp³-hybridized carbons (Fsp3) is 0.786. The Morgan fingerprint density at radius 3 is 3.21 bits per heavy atom. The summed E-state index contributed by atoms with van der Waals surface area (Å²) < 4.78 is 11.3. The monoisotopic (exact) mass is 265 g/mol. The zero-order chi connectivity index (χ0) is 13.0. The number of hydroxylamine groups is 2. The van der Waals surface area contributed by atoms with Crippen molar-refractivity contribution in [2.24, 2.45) is 0 Å². The molecule has 3 unspecified atom stereocenters. The maximum Gasteiger partial charge on any atom is 0.331 e. The Bertz CT molecular complexity index is 449. The second kappa shape index (κ2) is 4.04. The van der Waals surface area contributed by atoms with Gasteiger partial charge in [-0.1, -0.05) is 6.42 Å². The molecule has 19 heavy (non-hydrogen) atoms. The Morgan fingerprint density at radius 1 is 1.47 bits per heavy atom. The molecule has 0 amide bonds. The summed E-state index contributed by atoms with van der Waals surface area (Å²) in [6.45, 7) is 0.921. The van der Waals surface area contributed by atoms with E-state index in [-0.39, 0.29) is 24.2 Å². The topological polar surface area (TPSA) is 48.0 Å². The zero-order valence-corrected chi connectivity index (χ0v) is 11.1. The van der Waals surface area contributed by atoms with Gasteiger partial charge in [0.15, 0.2) is 5.60 Å². The molecule has 3 heterocycles. The molecule has 0 aromatic carbocycles.